The fraction of sp³-hybridized carbons (Fsp3) is 0.375. The molecule has 1 unspecified atom stereocenters. The third-order valence-electron chi connectivity index (χ3n) is 5.40. The molecule has 0 saturated heterocycles. The molecule has 0 aromatic heterocycles. The maximum atomic E-state index is 12.9. The van der Waals surface area contributed by atoms with Crippen molar-refractivity contribution >= 4 is 15.9 Å². The number of sulfonamides is 1. The summed E-state index contributed by atoms with van der Waals surface area (Å²) < 4.78 is 33.5. The van der Waals surface area contributed by atoms with E-state index in [2.05, 4.69) is 16.1 Å². The SMILES string of the molecule is COc1ccc(S(=O)(=O)NC(Cc2ccccc2)C(=O)NCCC2=CCCCC2)cc1. The molecule has 2 N–H and O–H groups in total. The molecule has 6 nitrogen and oxygen atoms in total. The Balaban J connectivity index is 1.70. The van der Waals surface area contributed by atoms with Gasteiger partial charge < -0.3 is 10.1 Å². The van der Waals surface area contributed by atoms with Crippen LogP contribution in [0.25, 0.3) is 0 Å². The second-order valence-corrected chi connectivity index (χ2v) is 9.40. The standard InChI is InChI=1S/C24H30N2O4S/c1-30-21-12-14-22(15-13-21)31(28,29)26-23(18-20-10-6-3-7-11-20)24(27)25-17-16-19-8-4-2-5-9-19/h3,6-8,10-15,23,26H,2,4-5,9,16-18H2,1H3,(H,25,27). The number of benzene rings is 2. The van der Waals surface area contributed by atoms with Gasteiger partial charge in [0, 0.05) is 6.54 Å². The number of nitrogens with one attached hydrogen (secondary N) is 2. The van der Waals surface area contributed by atoms with Crippen LogP contribution in [0.5, 0.6) is 5.75 Å². The van der Waals surface area contributed by atoms with Crippen molar-refractivity contribution in [3.63, 3.8) is 0 Å². The fourth-order valence-electron chi connectivity index (χ4n) is 3.65. The number of hydrogen-bond donors (Lipinski definition) is 2. The number of amides is 1. The molecular weight excluding hydrogens is 412 g/mol. The largest absolute Gasteiger partial charge is 0.497 e. The summed E-state index contributed by atoms with van der Waals surface area (Å²) in [5.74, 6) is 0.242. The minimum absolute atomic E-state index is 0.0894. The summed E-state index contributed by atoms with van der Waals surface area (Å²) in [6.45, 7) is 0.500. The molecule has 1 amide bonds. The molecular formula is C24H30N2O4S. The Morgan fingerprint density at radius 1 is 1.06 bits per heavy atom. The number of carbonyl (C=O) groups excluding carboxylic acids is 1. The summed E-state index contributed by atoms with van der Waals surface area (Å²) in [5.41, 5.74) is 2.25. The van der Waals surface area contributed by atoms with Crippen molar-refractivity contribution in [1.82, 2.24) is 10.0 Å². The molecule has 0 spiro atoms. The Bertz CT molecular complexity index is 986. The van der Waals surface area contributed by atoms with Gasteiger partial charge in [0.2, 0.25) is 15.9 Å². The number of allylic oxidation sites excluding steroid dienone is 1. The highest BCUT2D eigenvalue weighted by atomic mass is 32.2. The van der Waals surface area contributed by atoms with Gasteiger partial charge >= 0.3 is 0 Å². The minimum atomic E-state index is -3.87. The van der Waals surface area contributed by atoms with Gasteiger partial charge in [0.1, 0.15) is 11.8 Å². The highest BCUT2D eigenvalue weighted by Crippen LogP contribution is 2.20. The first-order chi connectivity index (χ1) is 15.0. The molecule has 1 atom stereocenters. The van der Waals surface area contributed by atoms with E-state index in [0.29, 0.717) is 12.3 Å². The van der Waals surface area contributed by atoms with Crippen molar-refractivity contribution < 1.29 is 17.9 Å². The first kappa shape index (κ1) is 23.0. The highest BCUT2D eigenvalue weighted by Gasteiger charge is 2.26. The van der Waals surface area contributed by atoms with Crippen molar-refractivity contribution in [2.75, 3.05) is 13.7 Å². The quantitative estimate of drug-likeness (QED) is 0.551. The van der Waals surface area contributed by atoms with Gasteiger partial charge in [-0.2, -0.15) is 4.72 Å². The lowest BCUT2D eigenvalue weighted by molar-refractivity contribution is -0.122. The molecule has 0 bridgehead atoms. The van der Waals surface area contributed by atoms with Crippen molar-refractivity contribution in [2.24, 2.45) is 0 Å². The minimum Gasteiger partial charge on any atom is -0.497 e. The van der Waals surface area contributed by atoms with Crippen molar-refractivity contribution in [3.8, 4) is 5.75 Å². The van der Waals surface area contributed by atoms with E-state index >= 15 is 0 Å². The molecule has 1 aliphatic carbocycles. The van der Waals surface area contributed by atoms with Gasteiger partial charge in [-0.15, -0.1) is 0 Å². The van der Waals surface area contributed by atoms with Gasteiger partial charge in [0.15, 0.2) is 0 Å². The van der Waals surface area contributed by atoms with E-state index in [1.165, 1.54) is 37.7 Å². The molecule has 0 radical (unpaired) electrons. The first-order valence-corrected chi connectivity index (χ1v) is 12.1. The molecule has 2 aromatic carbocycles. The average Bonchev–Trinajstić information content (AvgIpc) is 2.80. The van der Waals surface area contributed by atoms with Crippen LogP contribution in [0.2, 0.25) is 0 Å². The highest BCUT2D eigenvalue weighted by molar-refractivity contribution is 7.89. The molecule has 0 fully saturated rings. The van der Waals surface area contributed by atoms with Gasteiger partial charge in [0.25, 0.3) is 0 Å². The predicted octanol–water partition coefficient (Wildman–Crippen LogP) is 3.59. The molecule has 0 heterocycles. The van der Waals surface area contributed by atoms with Crippen LogP contribution >= 0.6 is 0 Å². The predicted molar refractivity (Wildman–Crippen MR) is 121 cm³/mol. The lowest BCUT2D eigenvalue weighted by Crippen LogP contribution is -2.48. The van der Waals surface area contributed by atoms with Gasteiger partial charge in [0.05, 0.1) is 12.0 Å². The Morgan fingerprint density at radius 3 is 2.45 bits per heavy atom. The number of ether oxygens (including phenoxy) is 1. The maximum absolute atomic E-state index is 12.9. The Labute approximate surface area is 184 Å². The topological polar surface area (TPSA) is 84.5 Å². The maximum Gasteiger partial charge on any atom is 0.241 e. The zero-order valence-electron chi connectivity index (χ0n) is 17.8. The van der Waals surface area contributed by atoms with E-state index in [0.717, 1.165) is 24.8 Å². The van der Waals surface area contributed by atoms with Crippen LogP contribution in [-0.2, 0) is 21.2 Å². The van der Waals surface area contributed by atoms with E-state index in [1.807, 2.05) is 30.3 Å². The van der Waals surface area contributed by atoms with Crippen LogP contribution in [0.15, 0.2) is 71.1 Å². The second kappa shape index (κ2) is 11.1. The Morgan fingerprint density at radius 2 is 1.81 bits per heavy atom. The van der Waals surface area contributed by atoms with E-state index < -0.39 is 16.1 Å². The zero-order chi connectivity index (χ0) is 22.1. The summed E-state index contributed by atoms with van der Waals surface area (Å²) in [5, 5.41) is 2.92. The van der Waals surface area contributed by atoms with Gasteiger partial charge in [-0.3, -0.25) is 4.79 Å². The average molecular weight is 443 g/mol. The van der Waals surface area contributed by atoms with Gasteiger partial charge in [-0.05, 0) is 68.4 Å². The number of hydrogen-bond acceptors (Lipinski definition) is 4. The first-order valence-electron chi connectivity index (χ1n) is 10.6. The molecule has 2 aromatic rings. The third kappa shape index (κ3) is 6.94. The molecule has 7 heteroatoms. The normalized spacial score (nSPS) is 15.1. The lowest BCUT2D eigenvalue weighted by atomic mass is 9.97. The van der Waals surface area contributed by atoms with Crippen molar-refractivity contribution in [1.29, 1.82) is 0 Å². The summed E-state index contributed by atoms with van der Waals surface area (Å²) in [7, 11) is -2.35. The van der Waals surface area contributed by atoms with E-state index in [-0.39, 0.29) is 17.2 Å². The van der Waals surface area contributed by atoms with Crippen LogP contribution in [0.3, 0.4) is 0 Å². The lowest BCUT2D eigenvalue weighted by Gasteiger charge is -2.20. The number of methoxy groups -OCH3 is 1. The van der Waals surface area contributed by atoms with Crippen LogP contribution in [0, 0.1) is 0 Å². The van der Waals surface area contributed by atoms with Gasteiger partial charge in [-0.25, -0.2) is 8.42 Å². The molecule has 1 aliphatic rings. The van der Waals surface area contributed by atoms with E-state index in [4.69, 9.17) is 4.74 Å². The van der Waals surface area contributed by atoms with Crippen LogP contribution in [0.4, 0.5) is 0 Å². The van der Waals surface area contributed by atoms with Crippen molar-refractivity contribution in [2.45, 2.75) is 49.5 Å². The molecule has 166 valence electrons. The van der Waals surface area contributed by atoms with E-state index in [1.54, 1.807) is 12.1 Å². The number of rotatable bonds is 10. The van der Waals surface area contributed by atoms with Crippen LogP contribution in [-0.4, -0.2) is 34.0 Å². The Hall–Kier alpha value is -2.64. The fourth-order valence-corrected chi connectivity index (χ4v) is 4.84. The third-order valence-corrected chi connectivity index (χ3v) is 6.88. The van der Waals surface area contributed by atoms with Gasteiger partial charge in [-0.1, -0.05) is 42.0 Å². The summed E-state index contributed by atoms with van der Waals surface area (Å²) in [4.78, 5) is 13.0. The summed E-state index contributed by atoms with van der Waals surface area (Å²) in [6, 6.07) is 14.6. The molecule has 31 heavy (non-hydrogen) atoms. The molecule has 0 aliphatic heterocycles. The second-order valence-electron chi connectivity index (χ2n) is 7.69. The van der Waals surface area contributed by atoms with Crippen molar-refractivity contribution in [3.05, 3.63) is 71.8 Å². The number of carbonyl (C=O) groups is 1. The monoisotopic (exact) mass is 442 g/mol. The summed E-state index contributed by atoms with van der Waals surface area (Å²) in [6.07, 6.45) is 7.92. The molecule has 0 saturated carbocycles. The molecule has 3 rings (SSSR count). The van der Waals surface area contributed by atoms with E-state index in [9.17, 15) is 13.2 Å². The smallest absolute Gasteiger partial charge is 0.241 e. The van der Waals surface area contributed by atoms with Crippen LogP contribution in [0.1, 0.15) is 37.7 Å². The summed E-state index contributed by atoms with van der Waals surface area (Å²) >= 11 is 0. The Kier molecular flexibility index (Phi) is 8.26. The van der Waals surface area contributed by atoms with Crippen LogP contribution < -0.4 is 14.8 Å². The zero-order valence-corrected chi connectivity index (χ0v) is 18.7.